The molecule has 0 bridgehead atoms. The van der Waals surface area contributed by atoms with Gasteiger partial charge in [0.15, 0.2) is 0 Å². The summed E-state index contributed by atoms with van der Waals surface area (Å²) in [6.07, 6.45) is 1.05. The Balaban J connectivity index is 1.86. The molecule has 0 aromatic heterocycles. The predicted molar refractivity (Wildman–Crippen MR) is 79.9 cm³/mol. The molecule has 1 heterocycles. The van der Waals surface area contributed by atoms with Gasteiger partial charge in [0.25, 0.3) is 0 Å². The van der Waals surface area contributed by atoms with Gasteiger partial charge in [0, 0.05) is 19.1 Å². The van der Waals surface area contributed by atoms with Crippen molar-refractivity contribution in [3.05, 3.63) is 35.4 Å². The van der Waals surface area contributed by atoms with E-state index in [2.05, 4.69) is 5.32 Å². The number of hydrogen-bond donors (Lipinski definition) is 2. The van der Waals surface area contributed by atoms with Crippen LogP contribution in [0.5, 0.6) is 0 Å². The van der Waals surface area contributed by atoms with Gasteiger partial charge in [-0.25, -0.2) is 4.79 Å². The number of aryl methyl sites for hydroxylation is 1. The van der Waals surface area contributed by atoms with Crippen LogP contribution in [0, 0.1) is 12.8 Å². The van der Waals surface area contributed by atoms with Crippen LogP contribution in [0.25, 0.3) is 0 Å². The number of hydrogen-bond acceptors (Lipinski definition) is 2. The van der Waals surface area contributed by atoms with E-state index in [9.17, 15) is 9.59 Å². The predicted octanol–water partition coefficient (Wildman–Crippen LogP) is 2.39. The Bertz CT molecular complexity index is 513. The van der Waals surface area contributed by atoms with Crippen molar-refractivity contribution >= 4 is 12.0 Å². The normalized spacial score (nSPS) is 21.9. The van der Waals surface area contributed by atoms with E-state index in [0.717, 1.165) is 5.56 Å². The molecular weight excluding hydrogens is 268 g/mol. The van der Waals surface area contributed by atoms with Gasteiger partial charge in [0.05, 0.1) is 5.92 Å². The number of piperidine rings is 1. The highest BCUT2D eigenvalue weighted by Gasteiger charge is 2.31. The van der Waals surface area contributed by atoms with Gasteiger partial charge in [0.2, 0.25) is 0 Å². The summed E-state index contributed by atoms with van der Waals surface area (Å²) in [4.78, 5) is 24.9. The molecule has 2 amide bonds. The van der Waals surface area contributed by atoms with E-state index >= 15 is 0 Å². The second kappa shape index (κ2) is 6.61. The number of amides is 2. The lowest BCUT2D eigenvalue weighted by Crippen LogP contribution is -2.49. The summed E-state index contributed by atoms with van der Waals surface area (Å²) in [6.45, 7) is 4.92. The quantitative estimate of drug-likeness (QED) is 0.898. The van der Waals surface area contributed by atoms with Gasteiger partial charge in [-0.05, 0) is 32.3 Å². The number of aliphatic carboxylic acids is 1. The Morgan fingerprint density at radius 1 is 1.33 bits per heavy atom. The molecule has 1 aliphatic heterocycles. The number of carboxylic acids is 1. The lowest BCUT2D eigenvalue weighted by atomic mass is 9.92. The maximum atomic E-state index is 12.2. The van der Waals surface area contributed by atoms with Crippen LogP contribution in [0.3, 0.4) is 0 Å². The lowest BCUT2D eigenvalue weighted by Gasteiger charge is -2.36. The molecule has 0 aliphatic carbocycles. The SMILES string of the molecule is Cc1ccc(CNC(=O)N2CCC(C(=O)O)CC2C)cc1. The lowest BCUT2D eigenvalue weighted by molar-refractivity contribution is -0.143. The van der Waals surface area contributed by atoms with Crippen molar-refractivity contribution in [2.75, 3.05) is 6.54 Å². The number of carboxylic acid groups (broad SMARTS) is 1. The minimum atomic E-state index is -0.762. The van der Waals surface area contributed by atoms with Crippen molar-refractivity contribution < 1.29 is 14.7 Å². The van der Waals surface area contributed by atoms with Crippen LogP contribution in [0.4, 0.5) is 4.79 Å². The molecule has 5 heteroatoms. The van der Waals surface area contributed by atoms with Crippen molar-refractivity contribution in [3.63, 3.8) is 0 Å². The summed E-state index contributed by atoms with van der Waals surface area (Å²) in [5, 5.41) is 11.9. The number of nitrogens with one attached hydrogen (secondary N) is 1. The van der Waals surface area contributed by atoms with Crippen molar-refractivity contribution in [2.24, 2.45) is 5.92 Å². The van der Waals surface area contributed by atoms with Crippen molar-refractivity contribution in [1.82, 2.24) is 10.2 Å². The third-order valence-corrected chi connectivity index (χ3v) is 4.05. The van der Waals surface area contributed by atoms with E-state index in [1.54, 1.807) is 4.90 Å². The Morgan fingerprint density at radius 2 is 2.00 bits per heavy atom. The van der Waals surface area contributed by atoms with E-state index in [1.165, 1.54) is 5.56 Å². The van der Waals surface area contributed by atoms with Crippen LogP contribution in [0.1, 0.15) is 30.9 Å². The number of carbonyl (C=O) groups is 2. The van der Waals surface area contributed by atoms with Gasteiger partial charge < -0.3 is 15.3 Å². The summed E-state index contributed by atoms with van der Waals surface area (Å²) < 4.78 is 0. The summed E-state index contributed by atoms with van der Waals surface area (Å²) in [7, 11) is 0. The van der Waals surface area contributed by atoms with E-state index in [4.69, 9.17) is 5.11 Å². The van der Waals surface area contributed by atoms with Crippen LogP contribution in [-0.4, -0.2) is 34.6 Å². The van der Waals surface area contributed by atoms with Crippen LogP contribution >= 0.6 is 0 Å². The summed E-state index contributed by atoms with van der Waals surface area (Å²) >= 11 is 0. The highest BCUT2D eigenvalue weighted by atomic mass is 16.4. The van der Waals surface area contributed by atoms with E-state index < -0.39 is 5.97 Å². The zero-order chi connectivity index (χ0) is 15.4. The first kappa shape index (κ1) is 15.4. The summed E-state index contributed by atoms with van der Waals surface area (Å²) in [6, 6.07) is 7.86. The molecule has 1 saturated heterocycles. The fourth-order valence-electron chi connectivity index (χ4n) is 2.68. The Hall–Kier alpha value is -2.04. The fourth-order valence-corrected chi connectivity index (χ4v) is 2.68. The highest BCUT2D eigenvalue weighted by Crippen LogP contribution is 2.23. The van der Waals surface area contributed by atoms with Gasteiger partial charge >= 0.3 is 12.0 Å². The zero-order valence-electron chi connectivity index (χ0n) is 12.5. The van der Waals surface area contributed by atoms with E-state index in [-0.39, 0.29) is 18.0 Å². The minimum absolute atomic E-state index is 0.0436. The first-order valence-corrected chi connectivity index (χ1v) is 7.30. The highest BCUT2D eigenvalue weighted by molar-refractivity contribution is 5.75. The van der Waals surface area contributed by atoms with Crippen molar-refractivity contribution in [3.8, 4) is 0 Å². The van der Waals surface area contributed by atoms with Crippen molar-refractivity contribution in [1.29, 1.82) is 0 Å². The largest absolute Gasteiger partial charge is 0.481 e. The average Bonchev–Trinajstić information content (AvgIpc) is 2.46. The average molecular weight is 290 g/mol. The molecule has 2 N–H and O–H groups in total. The third kappa shape index (κ3) is 3.97. The molecule has 0 radical (unpaired) electrons. The Morgan fingerprint density at radius 3 is 2.57 bits per heavy atom. The van der Waals surface area contributed by atoms with Crippen LogP contribution in [0.15, 0.2) is 24.3 Å². The van der Waals surface area contributed by atoms with Gasteiger partial charge in [0.1, 0.15) is 0 Å². The Labute approximate surface area is 125 Å². The molecule has 2 rings (SSSR count). The molecule has 1 aliphatic rings. The number of carbonyl (C=O) groups excluding carboxylic acids is 1. The second-order valence-electron chi connectivity index (χ2n) is 5.75. The number of benzene rings is 1. The summed E-state index contributed by atoms with van der Waals surface area (Å²) in [5.74, 6) is -1.09. The Kier molecular flexibility index (Phi) is 4.83. The molecule has 1 aromatic rings. The maximum absolute atomic E-state index is 12.2. The molecule has 0 saturated carbocycles. The monoisotopic (exact) mass is 290 g/mol. The first-order valence-electron chi connectivity index (χ1n) is 7.30. The molecule has 2 unspecified atom stereocenters. The van der Waals surface area contributed by atoms with Crippen molar-refractivity contribution in [2.45, 2.75) is 39.3 Å². The minimum Gasteiger partial charge on any atom is -0.481 e. The van der Waals surface area contributed by atoms with Crippen LogP contribution < -0.4 is 5.32 Å². The number of rotatable bonds is 3. The molecule has 0 spiro atoms. The molecule has 1 aromatic carbocycles. The number of urea groups is 1. The van der Waals surface area contributed by atoms with E-state index in [0.29, 0.717) is 25.9 Å². The standard InChI is InChI=1S/C16H22N2O3/c1-11-3-5-13(6-4-11)10-17-16(21)18-8-7-14(15(19)20)9-12(18)2/h3-6,12,14H,7-10H2,1-2H3,(H,17,21)(H,19,20). The molecule has 5 nitrogen and oxygen atoms in total. The number of likely N-dealkylation sites (tertiary alicyclic amines) is 1. The third-order valence-electron chi connectivity index (χ3n) is 4.05. The van der Waals surface area contributed by atoms with Crippen LogP contribution in [0.2, 0.25) is 0 Å². The maximum Gasteiger partial charge on any atom is 0.317 e. The second-order valence-corrected chi connectivity index (χ2v) is 5.75. The molecular formula is C16H22N2O3. The zero-order valence-corrected chi connectivity index (χ0v) is 12.5. The molecule has 1 fully saturated rings. The van der Waals surface area contributed by atoms with Gasteiger partial charge in [-0.1, -0.05) is 29.8 Å². The first-order chi connectivity index (χ1) is 9.97. The van der Waals surface area contributed by atoms with Gasteiger partial charge in [-0.2, -0.15) is 0 Å². The topological polar surface area (TPSA) is 69.6 Å². The summed E-state index contributed by atoms with van der Waals surface area (Å²) in [5.41, 5.74) is 2.25. The van der Waals surface area contributed by atoms with Crippen LogP contribution in [-0.2, 0) is 11.3 Å². The smallest absolute Gasteiger partial charge is 0.317 e. The van der Waals surface area contributed by atoms with E-state index in [1.807, 2.05) is 38.1 Å². The fraction of sp³-hybridized carbons (Fsp3) is 0.500. The number of nitrogens with zero attached hydrogens (tertiary/aromatic N) is 1. The molecule has 2 atom stereocenters. The molecule has 21 heavy (non-hydrogen) atoms. The van der Waals surface area contributed by atoms with Gasteiger partial charge in [-0.3, -0.25) is 4.79 Å². The molecule has 114 valence electrons. The van der Waals surface area contributed by atoms with Gasteiger partial charge in [-0.15, -0.1) is 0 Å².